The second-order valence-corrected chi connectivity index (χ2v) is 3.91. The Morgan fingerprint density at radius 2 is 2.40 bits per heavy atom. The lowest BCUT2D eigenvalue weighted by Gasteiger charge is -2.17. The number of nitrogens with zero attached hydrogens (tertiary/aromatic N) is 3. The fraction of sp³-hybridized carbons (Fsp3) is 0.700. The molecule has 0 aromatic carbocycles. The van der Waals surface area contributed by atoms with Gasteiger partial charge in [0, 0.05) is 14.0 Å². The summed E-state index contributed by atoms with van der Waals surface area (Å²) in [5.74, 6) is -0.0480. The van der Waals surface area contributed by atoms with E-state index in [2.05, 4.69) is 10.3 Å². The van der Waals surface area contributed by atoms with Crippen molar-refractivity contribution < 1.29 is 9.53 Å². The van der Waals surface area contributed by atoms with E-state index in [9.17, 15) is 4.79 Å². The number of carbonyl (C=O) groups excluding carboxylic acids is 1. The molecule has 0 amide bonds. The van der Waals surface area contributed by atoms with Crippen LogP contribution in [0.4, 0.5) is 0 Å². The molecule has 0 bridgehead atoms. The Labute approximate surface area is 88.4 Å². The topological polar surface area (TPSA) is 57.0 Å². The van der Waals surface area contributed by atoms with Crippen LogP contribution < -0.4 is 0 Å². The SMILES string of the molecule is COC1CCCC1n1cc(C(C)=O)nn1. The van der Waals surface area contributed by atoms with Crippen LogP contribution in [0.15, 0.2) is 6.20 Å². The Kier molecular flexibility index (Phi) is 2.81. The van der Waals surface area contributed by atoms with Gasteiger partial charge in [-0.2, -0.15) is 0 Å². The van der Waals surface area contributed by atoms with E-state index in [0.29, 0.717) is 5.69 Å². The minimum absolute atomic E-state index is 0.0480. The number of carbonyl (C=O) groups is 1. The van der Waals surface area contributed by atoms with Gasteiger partial charge in [0.15, 0.2) is 5.78 Å². The Bertz CT molecular complexity index is 361. The van der Waals surface area contributed by atoms with E-state index in [0.717, 1.165) is 19.3 Å². The summed E-state index contributed by atoms with van der Waals surface area (Å²) in [6.07, 6.45) is 5.14. The molecule has 1 aliphatic rings. The van der Waals surface area contributed by atoms with Crippen LogP contribution in [-0.4, -0.2) is 34.0 Å². The highest BCUT2D eigenvalue weighted by Gasteiger charge is 2.29. The second-order valence-electron chi connectivity index (χ2n) is 3.91. The molecule has 0 saturated heterocycles. The van der Waals surface area contributed by atoms with Gasteiger partial charge >= 0.3 is 0 Å². The Morgan fingerprint density at radius 1 is 1.60 bits per heavy atom. The summed E-state index contributed by atoms with van der Waals surface area (Å²) in [5, 5.41) is 7.82. The molecular formula is C10H15N3O2. The second kappa shape index (κ2) is 4.10. The van der Waals surface area contributed by atoms with Gasteiger partial charge in [-0.15, -0.1) is 5.10 Å². The number of rotatable bonds is 3. The third kappa shape index (κ3) is 1.92. The van der Waals surface area contributed by atoms with Gasteiger partial charge in [0.25, 0.3) is 0 Å². The van der Waals surface area contributed by atoms with Crippen molar-refractivity contribution in [3.63, 3.8) is 0 Å². The minimum atomic E-state index is -0.0480. The molecule has 82 valence electrons. The highest BCUT2D eigenvalue weighted by Crippen LogP contribution is 2.31. The number of ether oxygens (including phenoxy) is 1. The Morgan fingerprint density at radius 3 is 3.00 bits per heavy atom. The predicted molar refractivity (Wildman–Crippen MR) is 53.7 cm³/mol. The van der Waals surface area contributed by atoms with Gasteiger partial charge in [-0.3, -0.25) is 4.79 Å². The molecular weight excluding hydrogens is 194 g/mol. The van der Waals surface area contributed by atoms with Crippen LogP contribution in [0.3, 0.4) is 0 Å². The molecule has 2 unspecified atom stereocenters. The lowest BCUT2D eigenvalue weighted by Crippen LogP contribution is -2.21. The molecule has 0 aliphatic heterocycles. The maximum absolute atomic E-state index is 11.1. The van der Waals surface area contributed by atoms with Gasteiger partial charge in [0.1, 0.15) is 5.69 Å². The zero-order valence-electron chi connectivity index (χ0n) is 9.01. The molecule has 1 heterocycles. The predicted octanol–water partition coefficient (Wildman–Crippen LogP) is 1.22. The van der Waals surface area contributed by atoms with Crippen molar-refractivity contribution in [1.82, 2.24) is 15.0 Å². The van der Waals surface area contributed by atoms with Crippen LogP contribution in [-0.2, 0) is 4.74 Å². The summed E-state index contributed by atoms with van der Waals surface area (Å²) in [7, 11) is 1.71. The summed E-state index contributed by atoms with van der Waals surface area (Å²) in [6, 6.07) is 0.232. The van der Waals surface area contributed by atoms with Crippen molar-refractivity contribution in [3.8, 4) is 0 Å². The van der Waals surface area contributed by atoms with Gasteiger partial charge < -0.3 is 4.74 Å². The van der Waals surface area contributed by atoms with Crippen molar-refractivity contribution in [2.45, 2.75) is 38.3 Å². The molecule has 0 radical (unpaired) electrons. The normalized spacial score (nSPS) is 25.7. The van der Waals surface area contributed by atoms with E-state index in [4.69, 9.17) is 4.74 Å². The number of aromatic nitrogens is 3. The van der Waals surface area contributed by atoms with E-state index in [1.165, 1.54) is 6.92 Å². The van der Waals surface area contributed by atoms with Gasteiger partial charge in [0.05, 0.1) is 18.3 Å². The molecule has 2 atom stereocenters. The number of Topliss-reactive ketones (excluding diaryl/α,β-unsaturated/α-hetero) is 1. The van der Waals surface area contributed by atoms with Crippen LogP contribution >= 0.6 is 0 Å². The molecule has 5 nitrogen and oxygen atoms in total. The first-order chi connectivity index (χ1) is 7.22. The highest BCUT2D eigenvalue weighted by atomic mass is 16.5. The number of hydrogen-bond donors (Lipinski definition) is 0. The molecule has 5 heteroatoms. The summed E-state index contributed by atoms with van der Waals surface area (Å²) >= 11 is 0. The van der Waals surface area contributed by atoms with E-state index in [-0.39, 0.29) is 17.9 Å². The monoisotopic (exact) mass is 209 g/mol. The van der Waals surface area contributed by atoms with Crippen LogP contribution in [0.5, 0.6) is 0 Å². The fourth-order valence-corrected chi connectivity index (χ4v) is 2.08. The standard InChI is InChI=1S/C10H15N3O2/c1-7(14)8-6-13(12-11-8)9-4-3-5-10(9)15-2/h6,9-10H,3-5H2,1-2H3. The zero-order chi connectivity index (χ0) is 10.8. The average Bonchev–Trinajstić information content (AvgIpc) is 2.85. The van der Waals surface area contributed by atoms with Gasteiger partial charge in [-0.05, 0) is 19.3 Å². The molecule has 15 heavy (non-hydrogen) atoms. The summed E-state index contributed by atoms with van der Waals surface area (Å²) in [4.78, 5) is 11.1. The third-order valence-electron chi connectivity index (χ3n) is 2.93. The molecule has 1 aliphatic carbocycles. The Hall–Kier alpha value is -1.23. The number of methoxy groups -OCH3 is 1. The van der Waals surface area contributed by atoms with E-state index in [1.54, 1.807) is 18.0 Å². The first kappa shape index (κ1) is 10.3. The average molecular weight is 209 g/mol. The van der Waals surface area contributed by atoms with E-state index in [1.807, 2.05) is 0 Å². The van der Waals surface area contributed by atoms with E-state index >= 15 is 0 Å². The quantitative estimate of drug-likeness (QED) is 0.702. The van der Waals surface area contributed by atoms with Crippen LogP contribution in [0.2, 0.25) is 0 Å². The summed E-state index contributed by atoms with van der Waals surface area (Å²) in [6.45, 7) is 1.50. The Balaban J connectivity index is 2.18. The maximum Gasteiger partial charge on any atom is 0.181 e. The first-order valence-electron chi connectivity index (χ1n) is 5.18. The van der Waals surface area contributed by atoms with Crippen molar-refractivity contribution in [1.29, 1.82) is 0 Å². The molecule has 1 aromatic heterocycles. The van der Waals surface area contributed by atoms with Crippen LogP contribution in [0, 0.1) is 0 Å². The summed E-state index contributed by atoms with van der Waals surface area (Å²) < 4.78 is 7.14. The molecule has 0 N–H and O–H groups in total. The van der Waals surface area contributed by atoms with Crippen molar-refractivity contribution in [2.75, 3.05) is 7.11 Å². The molecule has 1 saturated carbocycles. The molecule has 1 aromatic rings. The molecule has 0 spiro atoms. The highest BCUT2D eigenvalue weighted by molar-refractivity contribution is 5.91. The van der Waals surface area contributed by atoms with Crippen molar-refractivity contribution in [2.24, 2.45) is 0 Å². The van der Waals surface area contributed by atoms with Gasteiger partial charge in [-0.1, -0.05) is 5.21 Å². The van der Waals surface area contributed by atoms with Gasteiger partial charge in [0.2, 0.25) is 0 Å². The molecule has 1 fully saturated rings. The fourth-order valence-electron chi connectivity index (χ4n) is 2.08. The molecule has 2 rings (SSSR count). The van der Waals surface area contributed by atoms with Crippen LogP contribution in [0.1, 0.15) is 42.7 Å². The lowest BCUT2D eigenvalue weighted by atomic mass is 10.2. The van der Waals surface area contributed by atoms with Crippen molar-refractivity contribution in [3.05, 3.63) is 11.9 Å². The lowest BCUT2D eigenvalue weighted by molar-refractivity contribution is 0.0702. The third-order valence-corrected chi connectivity index (χ3v) is 2.93. The smallest absolute Gasteiger partial charge is 0.181 e. The summed E-state index contributed by atoms with van der Waals surface area (Å²) in [5.41, 5.74) is 0.428. The van der Waals surface area contributed by atoms with Crippen molar-refractivity contribution >= 4 is 5.78 Å². The first-order valence-corrected chi connectivity index (χ1v) is 5.18. The minimum Gasteiger partial charge on any atom is -0.379 e. The van der Waals surface area contributed by atoms with Crippen LogP contribution in [0.25, 0.3) is 0 Å². The largest absolute Gasteiger partial charge is 0.379 e. The number of ketones is 1. The van der Waals surface area contributed by atoms with Gasteiger partial charge in [-0.25, -0.2) is 4.68 Å². The number of hydrogen-bond acceptors (Lipinski definition) is 4. The van der Waals surface area contributed by atoms with E-state index < -0.39 is 0 Å². The zero-order valence-corrected chi connectivity index (χ0v) is 9.01. The maximum atomic E-state index is 11.1.